The molecule has 120 valence electrons. The molecule has 0 atom stereocenters. The smallest absolute Gasteiger partial charge is 0.168 e. The highest BCUT2D eigenvalue weighted by Crippen LogP contribution is 2.26. The average Bonchev–Trinajstić information content (AvgIpc) is 2.83. The van der Waals surface area contributed by atoms with E-state index in [1.807, 2.05) is 23.9 Å². The van der Waals surface area contributed by atoms with Crippen LogP contribution in [0.4, 0.5) is 0 Å². The average molecular weight is 318 g/mol. The summed E-state index contributed by atoms with van der Waals surface area (Å²) in [5.41, 5.74) is 3.98. The van der Waals surface area contributed by atoms with Gasteiger partial charge >= 0.3 is 0 Å². The standard InChI is InChI=1S/C18H26N2OS/c1-5-7-16-17(8-6-2)20(3)18(19-16)22-13-14-9-11-15(21-4)12-10-14/h9-12H,5-8,13H2,1-4H3. The minimum atomic E-state index is 0.904. The summed E-state index contributed by atoms with van der Waals surface area (Å²) in [6.07, 6.45) is 4.50. The molecular formula is C18H26N2OS. The van der Waals surface area contributed by atoms with E-state index < -0.39 is 0 Å². The number of benzene rings is 1. The van der Waals surface area contributed by atoms with Crippen molar-refractivity contribution in [2.75, 3.05) is 7.11 Å². The molecule has 0 radical (unpaired) electrons. The van der Waals surface area contributed by atoms with Gasteiger partial charge < -0.3 is 9.30 Å². The molecule has 0 amide bonds. The normalized spacial score (nSPS) is 10.9. The first kappa shape index (κ1) is 16.9. The van der Waals surface area contributed by atoms with Crippen molar-refractivity contribution >= 4 is 11.8 Å². The molecule has 1 heterocycles. The van der Waals surface area contributed by atoms with E-state index >= 15 is 0 Å². The highest BCUT2D eigenvalue weighted by Gasteiger charge is 2.13. The van der Waals surface area contributed by atoms with Crippen LogP contribution in [0.5, 0.6) is 5.75 Å². The zero-order chi connectivity index (χ0) is 15.9. The van der Waals surface area contributed by atoms with Crippen molar-refractivity contribution in [1.82, 2.24) is 9.55 Å². The first-order chi connectivity index (χ1) is 10.7. The number of ether oxygens (including phenoxy) is 1. The molecule has 0 aliphatic heterocycles. The molecule has 0 saturated heterocycles. The van der Waals surface area contributed by atoms with Crippen molar-refractivity contribution in [3.63, 3.8) is 0 Å². The Morgan fingerprint density at radius 2 is 1.77 bits per heavy atom. The molecule has 0 N–H and O–H groups in total. The number of nitrogens with zero attached hydrogens (tertiary/aromatic N) is 2. The Morgan fingerprint density at radius 1 is 1.09 bits per heavy atom. The number of thioether (sulfide) groups is 1. The molecule has 0 unspecified atom stereocenters. The van der Waals surface area contributed by atoms with Gasteiger partial charge in [0, 0.05) is 18.5 Å². The second kappa shape index (κ2) is 8.28. The third-order valence-corrected chi connectivity index (χ3v) is 4.86. The van der Waals surface area contributed by atoms with Gasteiger partial charge in [-0.2, -0.15) is 0 Å². The van der Waals surface area contributed by atoms with Gasteiger partial charge in [0.1, 0.15) is 5.75 Å². The van der Waals surface area contributed by atoms with Crippen LogP contribution in [0.3, 0.4) is 0 Å². The quantitative estimate of drug-likeness (QED) is 0.664. The number of imidazole rings is 1. The minimum Gasteiger partial charge on any atom is -0.497 e. The van der Waals surface area contributed by atoms with Crippen molar-refractivity contribution in [1.29, 1.82) is 0 Å². The Morgan fingerprint density at radius 3 is 2.36 bits per heavy atom. The van der Waals surface area contributed by atoms with E-state index in [9.17, 15) is 0 Å². The molecule has 0 aliphatic rings. The fraction of sp³-hybridized carbons (Fsp3) is 0.500. The molecule has 0 spiro atoms. The molecule has 0 saturated carbocycles. The molecule has 2 aromatic rings. The fourth-order valence-corrected chi connectivity index (χ4v) is 3.52. The van der Waals surface area contributed by atoms with Crippen LogP contribution in [0.2, 0.25) is 0 Å². The Labute approximate surface area is 138 Å². The summed E-state index contributed by atoms with van der Waals surface area (Å²) in [5, 5.41) is 1.13. The lowest BCUT2D eigenvalue weighted by atomic mass is 10.1. The number of hydrogen-bond acceptors (Lipinski definition) is 3. The summed E-state index contributed by atoms with van der Waals surface area (Å²) in [4.78, 5) is 4.87. The molecule has 1 aromatic heterocycles. The van der Waals surface area contributed by atoms with Crippen LogP contribution >= 0.6 is 11.8 Å². The van der Waals surface area contributed by atoms with Crippen molar-refractivity contribution in [2.45, 2.75) is 50.4 Å². The van der Waals surface area contributed by atoms with Crippen LogP contribution in [0, 0.1) is 0 Å². The number of methoxy groups -OCH3 is 1. The van der Waals surface area contributed by atoms with Gasteiger partial charge in [-0.15, -0.1) is 0 Å². The third-order valence-electron chi connectivity index (χ3n) is 3.76. The van der Waals surface area contributed by atoms with Crippen molar-refractivity contribution in [3.05, 3.63) is 41.2 Å². The molecule has 3 nitrogen and oxygen atoms in total. The van der Waals surface area contributed by atoms with Gasteiger partial charge in [-0.3, -0.25) is 0 Å². The van der Waals surface area contributed by atoms with Crippen LogP contribution in [0.1, 0.15) is 43.6 Å². The van der Waals surface area contributed by atoms with E-state index in [1.54, 1.807) is 7.11 Å². The molecule has 2 rings (SSSR count). The topological polar surface area (TPSA) is 27.1 Å². The SMILES string of the molecule is CCCc1nc(SCc2ccc(OC)cc2)n(C)c1CCC. The predicted octanol–water partition coefficient (Wildman–Crippen LogP) is 4.63. The highest BCUT2D eigenvalue weighted by molar-refractivity contribution is 7.98. The summed E-state index contributed by atoms with van der Waals surface area (Å²) < 4.78 is 7.48. The summed E-state index contributed by atoms with van der Waals surface area (Å²) >= 11 is 1.81. The summed E-state index contributed by atoms with van der Waals surface area (Å²) in [7, 11) is 3.84. The number of hydrogen-bond donors (Lipinski definition) is 0. The highest BCUT2D eigenvalue weighted by atomic mass is 32.2. The van der Waals surface area contributed by atoms with E-state index in [-0.39, 0.29) is 0 Å². The van der Waals surface area contributed by atoms with Crippen molar-refractivity contribution in [3.8, 4) is 5.75 Å². The van der Waals surface area contributed by atoms with Crippen LogP contribution in [0.25, 0.3) is 0 Å². The third kappa shape index (κ3) is 4.07. The maximum atomic E-state index is 5.20. The van der Waals surface area contributed by atoms with Crippen LogP contribution in [-0.4, -0.2) is 16.7 Å². The lowest BCUT2D eigenvalue weighted by Crippen LogP contribution is -2.00. The molecule has 0 bridgehead atoms. The monoisotopic (exact) mass is 318 g/mol. The van der Waals surface area contributed by atoms with Gasteiger partial charge in [0.2, 0.25) is 0 Å². The molecular weight excluding hydrogens is 292 g/mol. The van der Waals surface area contributed by atoms with Crippen LogP contribution in [-0.2, 0) is 25.6 Å². The lowest BCUT2D eigenvalue weighted by molar-refractivity contribution is 0.414. The Kier molecular flexibility index (Phi) is 6.37. The Hall–Kier alpha value is -1.42. The maximum absolute atomic E-state index is 5.20. The second-order valence-electron chi connectivity index (χ2n) is 5.48. The second-order valence-corrected chi connectivity index (χ2v) is 6.43. The van der Waals surface area contributed by atoms with Crippen molar-refractivity contribution < 1.29 is 4.74 Å². The first-order valence-electron chi connectivity index (χ1n) is 7.99. The molecule has 0 aliphatic carbocycles. The van der Waals surface area contributed by atoms with E-state index in [2.05, 4.69) is 37.6 Å². The molecule has 22 heavy (non-hydrogen) atoms. The Bertz CT molecular complexity index is 590. The van der Waals surface area contributed by atoms with Gasteiger partial charge in [0.25, 0.3) is 0 Å². The van der Waals surface area contributed by atoms with E-state index in [1.165, 1.54) is 23.4 Å². The van der Waals surface area contributed by atoms with Gasteiger partial charge in [0.05, 0.1) is 12.8 Å². The van der Waals surface area contributed by atoms with E-state index in [4.69, 9.17) is 9.72 Å². The Balaban J connectivity index is 2.09. The van der Waals surface area contributed by atoms with Crippen molar-refractivity contribution in [2.24, 2.45) is 7.05 Å². The number of aromatic nitrogens is 2. The maximum Gasteiger partial charge on any atom is 0.168 e. The number of aryl methyl sites for hydroxylation is 1. The lowest BCUT2D eigenvalue weighted by Gasteiger charge is -2.06. The first-order valence-corrected chi connectivity index (χ1v) is 8.98. The minimum absolute atomic E-state index is 0.904. The zero-order valence-corrected chi connectivity index (χ0v) is 14.9. The van der Waals surface area contributed by atoms with Gasteiger partial charge in [-0.05, 0) is 30.5 Å². The molecule has 1 aromatic carbocycles. The van der Waals surface area contributed by atoms with Gasteiger partial charge in [-0.1, -0.05) is 50.6 Å². The van der Waals surface area contributed by atoms with Gasteiger partial charge in [-0.25, -0.2) is 4.98 Å². The summed E-state index contributed by atoms with van der Waals surface area (Å²) in [5.74, 6) is 1.84. The largest absolute Gasteiger partial charge is 0.497 e. The summed E-state index contributed by atoms with van der Waals surface area (Å²) in [6.45, 7) is 4.45. The molecule has 4 heteroatoms. The van der Waals surface area contributed by atoms with E-state index in [0.29, 0.717) is 0 Å². The van der Waals surface area contributed by atoms with Crippen LogP contribution < -0.4 is 4.74 Å². The zero-order valence-electron chi connectivity index (χ0n) is 14.1. The molecule has 0 fully saturated rings. The van der Waals surface area contributed by atoms with Gasteiger partial charge in [0.15, 0.2) is 5.16 Å². The van der Waals surface area contributed by atoms with E-state index in [0.717, 1.165) is 35.9 Å². The number of rotatable bonds is 8. The van der Waals surface area contributed by atoms with Crippen LogP contribution in [0.15, 0.2) is 29.4 Å². The predicted molar refractivity (Wildman–Crippen MR) is 93.8 cm³/mol. The fourth-order valence-electron chi connectivity index (χ4n) is 2.55. The summed E-state index contributed by atoms with van der Waals surface area (Å²) in [6, 6.07) is 8.27.